The quantitative estimate of drug-likeness (QED) is 0.409. The Balaban J connectivity index is 1.84. The molecule has 11 heteroatoms. The van der Waals surface area contributed by atoms with Gasteiger partial charge in [-0.2, -0.15) is 0 Å². The highest BCUT2D eigenvalue weighted by molar-refractivity contribution is 9.10. The summed E-state index contributed by atoms with van der Waals surface area (Å²) < 4.78 is 5.73. The van der Waals surface area contributed by atoms with E-state index in [-0.39, 0.29) is 17.4 Å². The number of rotatable bonds is 6. The molecular formula is C15H11BrN6O4. The molecule has 0 atom stereocenters. The largest absolute Gasteiger partial charge is 0.459 e. The number of hydrogen-bond donors (Lipinski definition) is 3. The van der Waals surface area contributed by atoms with E-state index in [1.807, 2.05) is 6.07 Å². The van der Waals surface area contributed by atoms with E-state index in [9.17, 15) is 14.9 Å². The topological polar surface area (TPSA) is 135 Å². The van der Waals surface area contributed by atoms with Crippen molar-refractivity contribution in [1.82, 2.24) is 15.4 Å². The monoisotopic (exact) mass is 418 g/mol. The molecule has 0 aliphatic carbocycles. The predicted octanol–water partition coefficient (Wildman–Crippen LogP) is 3.24. The van der Waals surface area contributed by atoms with Crippen molar-refractivity contribution in [1.29, 1.82) is 0 Å². The molecule has 3 aromatic rings. The third kappa shape index (κ3) is 3.95. The van der Waals surface area contributed by atoms with Crippen molar-refractivity contribution in [3.8, 4) is 0 Å². The summed E-state index contributed by atoms with van der Waals surface area (Å²) in [7, 11) is 0. The maximum atomic E-state index is 11.9. The maximum absolute atomic E-state index is 11.9. The lowest BCUT2D eigenvalue weighted by molar-refractivity contribution is -0.383. The van der Waals surface area contributed by atoms with Crippen molar-refractivity contribution in [3.05, 3.63) is 69.3 Å². The number of nitrogens with zero attached hydrogens (tertiary/aromatic N) is 3. The van der Waals surface area contributed by atoms with E-state index < -0.39 is 16.5 Å². The number of halogens is 1. The Bertz CT molecular complexity index is 947. The summed E-state index contributed by atoms with van der Waals surface area (Å²) in [4.78, 5) is 30.4. The zero-order valence-electron chi connectivity index (χ0n) is 13.0. The van der Waals surface area contributed by atoms with Crippen molar-refractivity contribution in [3.63, 3.8) is 0 Å². The SMILES string of the molecule is O=C(NNc1ncnc(Nc2cccc(Br)c2)c1[N+](=O)[O-])c1ccco1. The number of carbonyl (C=O) groups excluding carboxylic acids is 1. The number of carbonyl (C=O) groups is 1. The molecule has 0 bridgehead atoms. The molecule has 0 unspecified atom stereocenters. The number of nitrogens with one attached hydrogen (secondary N) is 3. The number of benzene rings is 1. The molecule has 2 heterocycles. The van der Waals surface area contributed by atoms with Gasteiger partial charge in [0.05, 0.1) is 11.2 Å². The number of hydrogen-bond acceptors (Lipinski definition) is 8. The van der Waals surface area contributed by atoms with Crippen LogP contribution in [0.25, 0.3) is 0 Å². The van der Waals surface area contributed by atoms with E-state index in [4.69, 9.17) is 4.42 Å². The zero-order chi connectivity index (χ0) is 18.5. The fourth-order valence-corrected chi connectivity index (χ4v) is 2.42. The molecule has 0 aliphatic heterocycles. The van der Waals surface area contributed by atoms with Gasteiger partial charge in [-0.15, -0.1) is 0 Å². The molecule has 26 heavy (non-hydrogen) atoms. The van der Waals surface area contributed by atoms with Gasteiger partial charge in [-0.05, 0) is 30.3 Å². The van der Waals surface area contributed by atoms with Crippen molar-refractivity contribution >= 4 is 44.8 Å². The molecule has 0 saturated carbocycles. The van der Waals surface area contributed by atoms with Crippen molar-refractivity contribution in [2.24, 2.45) is 0 Å². The number of hydrazine groups is 1. The van der Waals surface area contributed by atoms with Crippen LogP contribution < -0.4 is 16.2 Å². The van der Waals surface area contributed by atoms with Crippen LogP contribution in [-0.2, 0) is 0 Å². The minimum absolute atomic E-state index is 0.0298. The molecule has 0 radical (unpaired) electrons. The molecule has 1 amide bonds. The molecule has 132 valence electrons. The van der Waals surface area contributed by atoms with Crippen LogP contribution in [0.15, 0.2) is 57.9 Å². The summed E-state index contributed by atoms with van der Waals surface area (Å²) in [6.45, 7) is 0. The number of amides is 1. The Morgan fingerprint density at radius 1 is 1.19 bits per heavy atom. The Hall–Kier alpha value is -3.47. The Kier molecular flexibility index (Phi) is 5.08. The van der Waals surface area contributed by atoms with Gasteiger partial charge in [-0.25, -0.2) is 9.97 Å². The Morgan fingerprint density at radius 2 is 2.00 bits per heavy atom. The fourth-order valence-electron chi connectivity index (χ4n) is 2.02. The van der Waals surface area contributed by atoms with Crippen LogP contribution in [-0.4, -0.2) is 20.8 Å². The maximum Gasteiger partial charge on any atom is 0.355 e. The van der Waals surface area contributed by atoms with Gasteiger partial charge in [0.15, 0.2) is 5.76 Å². The Labute approximate surface area is 154 Å². The first-order chi connectivity index (χ1) is 12.5. The van der Waals surface area contributed by atoms with Crippen LogP contribution in [0.2, 0.25) is 0 Å². The minimum Gasteiger partial charge on any atom is -0.459 e. The van der Waals surface area contributed by atoms with Gasteiger partial charge >= 0.3 is 11.6 Å². The minimum atomic E-state index is -0.651. The first kappa shape index (κ1) is 17.4. The average Bonchev–Trinajstić information content (AvgIpc) is 3.14. The van der Waals surface area contributed by atoms with Crippen LogP contribution in [0.3, 0.4) is 0 Å². The van der Waals surface area contributed by atoms with Crippen LogP contribution in [0.5, 0.6) is 0 Å². The van der Waals surface area contributed by atoms with Crippen molar-refractivity contribution < 1.29 is 14.1 Å². The molecule has 0 saturated heterocycles. The zero-order valence-corrected chi connectivity index (χ0v) is 14.6. The molecular weight excluding hydrogens is 408 g/mol. The van der Waals surface area contributed by atoms with Gasteiger partial charge in [0.1, 0.15) is 6.33 Å². The molecule has 3 rings (SSSR count). The highest BCUT2D eigenvalue weighted by Crippen LogP contribution is 2.31. The predicted molar refractivity (Wildman–Crippen MR) is 95.9 cm³/mol. The second-order valence-electron chi connectivity index (χ2n) is 4.87. The number of anilines is 3. The molecule has 3 N–H and O–H groups in total. The van der Waals surface area contributed by atoms with Crippen LogP contribution in [0.1, 0.15) is 10.6 Å². The molecule has 0 spiro atoms. The van der Waals surface area contributed by atoms with Crippen LogP contribution >= 0.6 is 15.9 Å². The molecule has 10 nitrogen and oxygen atoms in total. The summed E-state index contributed by atoms with van der Waals surface area (Å²) in [6, 6.07) is 10.0. The molecule has 0 aliphatic rings. The first-order valence-corrected chi connectivity index (χ1v) is 7.96. The average molecular weight is 419 g/mol. The van der Waals surface area contributed by atoms with E-state index >= 15 is 0 Å². The lowest BCUT2D eigenvalue weighted by atomic mass is 10.3. The van der Waals surface area contributed by atoms with E-state index in [2.05, 4.69) is 42.1 Å². The van der Waals surface area contributed by atoms with E-state index in [0.717, 1.165) is 10.8 Å². The summed E-state index contributed by atoms with van der Waals surface area (Å²) in [5, 5.41) is 14.3. The summed E-state index contributed by atoms with van der Waals surface area (Å²) in [5.41, 5.74) is 4.87. The highest BCUT2D eigenvalue weighted by Gasteiger charge is 2.24. The number of furan rings is 1. The smallest absolute Gasteiger partial charge is 0.355 e. The van der Waals surface area contributed by atoms with Crippen LogP contribution in [0.4, 0.5) is 23.0 Å². The molecule has 2 aromatic heterocycles. The second kappa shape index (κ2) is 7.61. The number of aromatic nitrogens is 2. The molecule has 0 fully saturated rings. The lowest BCUT2D eigenvalue weighted by Crippen LogP contribution is -2.30. The normalized spacial score (nSPS) is 10.2. The van der Waals surface area contributed by atoms with Crippen molar-refractivity contribution in [2.45, 2.75) is 0 Å². The number of nitro groups is 1. The Morgan fingerprint density at radius 3 is 2.69 bits per heavy atom. The van der Waals surface area contributed by atoms with E-state index in [1.54, 1.807) is 24.3 Å². The van der Waals surface area contributed by atoms with Gasteiger partial charge < -0.3 is 9.73 Å². The first-order valence-electron chi connectivity index (χ1n) is 7.16. The van der Waals surface area contributed by atoms with Gasteiger partial charge in [0.2, 0.25) is 11.6 Å². The van der Waals surface area contributed by atoms with Gasteiger partial charge in [0, 0.05) is 10.2 Å². The van der Waals surface area contributed by atoms with E-state index in [1.165, 1.54) is 12.3 Å². The van der Waals surface area contributed by atoms with Gasteiger partial charge in [-0.3, -0.25) is 25.8 Å². The summed E-state index contributed by atoms with van der Waals surface area (Å²) in [5.74, 6) is -0.772. The summed E-state index contributed by atoms with van der Waals surface area (Å²) in [6.07, 6.45) is 2.47. The van der Waals surface area contributed by atoms with Crippen molar-refractivity contribution in [2.75, 3.05) is 10.7 Å². The second-order valence-corrected chi connectivity index (χ2v) is 5.78. The van der Waals surface area contributed by atoms with Gasteiger partial charge in [-0.1, -0.05) is 22.0 Å². The lowest BCUT2D eigenvalue weighted by Gasteiger charge is -2.10. The van der Waals surface area contributed by atoms with Gasteiger partial charge in [0.25, 0.3) is 0 Å². The highest BCUT2D eigenvalue weighted by atomic mass is 79.9. The van der Waals surface area contributed by atoms with Crippen LogP contribution in [0, 0.1) is 10.1 Å². The standard InChI is InChI=1S/C15H11BrN6O4/c16-9-3-1-4-10(7-9)19-13-12(22(24)25)14(18-8-17-13)20-21-15(23)11-5-2-6-26-11/h1-8H,(H,21,23)(H2,17,18,19,20). The van der Waals surface area contributed by atoms with E-state index in [0.29, 0.717) is 5.69 Å². The third-order valence-corrected chi connectivity index (χ3v) is 3.62. The molecule has 1 aromatic carbocycles. The fraction of sp³-hybridized carbons (Fsp3) is 0. The summed E-state index contributed by atoms with van der Waals surface area (Å²) >= 11 is 3.32. The third-order valence-electron chi connectivity index (χ3n) is 3.13.